The molecule has 0 saturated carbocycles. The van der Waals surface area contributed by atoms with Crippen LogP contribution in [-0.2, 0) is 28.5 Å². The molecule has 1 radical (unpaired) electrons. The Bertz CT molecular complexity index is 1040. The van der Waals surface area contributed by atoms with E-state index in [9.17, 15) is 14.4 Å². The summed E-state index contributed by atoms with van der Waals surface area (Å²) in [6.45, 7) is 7.07. The molecule has 0 amide bonds. The van der Waals surface area contributed by atoms with Crippen LogP contribution in [0.1, 0.15) is 50.0 Å². The number of anilines is 1. The number of cyclic esters (lactones) is 1. The van der Waals surface area contributed by atoms with Crippen molar-refractivity contribution in [2.75, 3.05) is 25.8 Å². The van der Waals surface area contributed by atoms with Gasteiger partial charge in [0.25, 0.3) is 0 Å². The number of rotatable bonds is 6. The highest BCUT2D eigenvalue weighted by Gasteiger charge is 2.43. The van der Waals surface area contributed by atoms with Crippen LogP contribution in [-0.4, -0.2) is 70.4 Å². The van der Waals surface area contributed by atoms with E-state index in [1.54, 1.807) is 56.9 Å². The molecule has 2 aliphatic rings. The van der Waals surface area contributed by atoms with E-state index >= 15 is 0 Å². The van der Waals surface area contributed by atoms with Crippen molar-refractivity contribution in [2.24, 2.45) is 5.92 Å². The van der Waals surface area contributed by atoms with E-state index in [1.807, 2.05) is 13.0 Å². The van der Waals surface area contributed by atoms with Gasteiger partial charge in [-0.25, -0.2) is 4.79 Å². The summed E-state index contributed by atoms with van der Waals surface area (Å²) in [6, 6.07) is 3.40. The van der Waals surface area contributed by atoms with Crippen molar-refractivity contribution in [1.82, 2.24) is 0 Å². The van der Waals surface area contributed by atoms with Crippen LogP contribution in [0.15, 0.2) is 30.4 Å². The Morgan fingerprint density at radius 1 is 1.19 bits per heavy atom. The van der Waals surface area contributed by atoms with E-state index in [0.29, 0.717) is 23.9 Å². The third kappa shape index (κ3) is 6.63. The maximum atomic E-state index is 13.4. The van der Waals surface area contributed by atoms with Crippen LogP contribution in [0, 0.1) is 5.92 Å². The minimum absolute atomic E-state index is 0.0885. The van der Waals surface area contributed by atoms with E-state index in [-0.39, 0.29) is 29.8 Å². The molecule has 36 heavy (non-hydrogen) atoms. The van der Waals surface area contributed by atoms with Gasteiger partial charge in [-0.1, -0.05) is 25.2 Å². The average molecular weight is 498 g/mol. The second-order valence-electron chi connectivity index (χ2n) is 9.32. The van der Waals surface area contributed by atoms with Gasteiger partial charge in [0.15, 0.2) is 18.4 Å². The monoisotopic (exact) mass is 498 g/mol. The fraction of sp³-hybridized carbons (Fsp3) is 0.500. The van der Waals surface area contributed by atoms with Gasteiger partial charge in [-0.2, -0.15) is 0 Å². The predicted octanol–water partition coefficient (Wildman–Crippen LogP) is 3.16. The van der Waals surface area contributed by atoms with Crippen LogP contribution < -0.4 is 9.55 Å². The van der Waals surface area contributed by atoms with Crippen LogP contribution in [0.5, 0.6) is 5.75 Å². The van der Waals surface area contributed by atoms with Gasteiger partial charge in [0, 0.05) is 24.8 Å². The third-order valence-electron chi connectivity index (χ3n) is 6.07. The maximum absolute atomic E-state index is 13.4. The molecule has 0 aliphatic carbocycles. The van der Waals surface area contributed by atoms with Crippen LogP contribution >= 0.6 is 0 Å². The molecule has 0 N–H and O–H groups in total. The van der Waals surface area contributed by atoms with Crippen molar-refractivity contribution < 1.29 is 38.1 Å². The van der Waals surface area contributed by atoms with E-state index < -0.39 is 30.1 Å². The van der Waals surface area contributed by atoms with Crippen molar-refractivity contribution in [3.63, 3.8) is 0 Å². The minimum atomic E-state index is -0.905. The average Bonchev–Trinajstić information content (AvgIpc) is 3.14. The summed E-state index contributed by atoms with van der Waals surface area (Å²) < 4.78 is 28.5. The highest BCUT2D eigenvalue weighted by Crippen LogP contribution is 2.34. The number of nitrogens with zero attached hydrogens (tertiary/aromatic N) is 1. The van der Waals surface area contributed by atoms with Crippen molar-refractivity contribution in [1.29, 1.82) is 0 Å². The van der Waals surface area contributed by atoms with E-state index in [0.717, 1.165) is 0 Å². The number of esters is 1. The predicted molar refractivity (Wildman–Crippen MR) is 136 cm³/mol. The highest BCUT2D eigenvalue weighted by molar-refractivity contribution is 6.70. The van der Waals surface area contributed by atoms with Gasteiger partial charge < -0.3 is 33.3 Å². The summed E-state index contributed by atoms with van der Waals surface area (Å²) in [5, 5.41) is 0. The molecule has 1 aromatic carbocycles. The Morgan fingerprint density at radius 3 is 2.64 bits per heavy atom. The first-order valence-electron chi connectivity index (χ1n) is 11.8. The molecular formula is C26H33BNO8. The number of methoxy groups -OCH3 is 1. The molecule has 4 atom stereocenters. The molecule has 3 rings (SSSR count). The smallest absolute Gasteiger partial charge is 0.342 e. The normalized spacial score (nSPS) is 25.8. The number of fused-ring (bicyclic) bond motifs is 2. The van der Waals surface area contributed by atoms with Crippen molar-refractivity contribution >= 4 is 37.1 Å². The summed E-state index contributed by atoms with van der Waals surface area (Å²) >= 11 is 0. The molecule has 0 bridgehead atoms. The lowest BCUT2D eigenvalue weighted by Crippen LogP contribution is -2.30. The quantitative estimate of drug-likeness (QED) is 0.253. The number of hydrogen-bond acceptors (Lipinski definition) is 9. The summed E-state index contributed by atoms with van der Waals surface area (Å²) in [5.74, 6) is -1.68. The lowest BCUT2D eigenvalue weighted by Gasteiger charge is -2.23. The Kier molecular flexibility index (Phi) is 9.11. The van der Waals surface area contributed by atoms with Gasteiger partial charge in [-0.3, -0.25) is 4.79 Å². The molecule has 1 fully saturated rings. The van der Waals surface area contributed by atoms with Gasteiger partial charge in [-0.15, -0.1) is 0 Å². The molecular weight excluding hydrogens is 465 g/mol. The first-order valence-corrected chi connectivity index (χ1v) is 11.8. The van der Waals surface area contributed by atoms with Gasteiger partial charge in [0.2, 0.25) is 0 Å². The van der Waals surface area contributed by atoms with Crippen molar-refractivity contribution in [3.05, 3.63) is 41.5 Å². The summed E-state index contributed by atoms with van der Waals surface area (Å²) in [7, 11) is 4.54. The number of benzene rings is 1. The number of ketones is 1. The molecule has 2 aliphatic heterocycles. The second kappa shape index (κ2) is 11.9. The first-order chi connectivity index (χ1) is 17.1. The Balaban J connectivity index is 2.11. The molecule has 1 saturated heterocycles. The van der Waals surface area contributed by atoms with Crippen LogP contribution in [0.3, 0.4) is 0 Å². The minimum Gasteiger partial charge on any atom is -0.467 e. The first kappa shape index (κ1) is 27.6. The van der Waals surface area contributed by atoms with Gasteiger partial charge in [0.05, 0.1) is 6.10 Å². The summed E-state index contributed by atoms with van der Waals surface area (Å²) in [4.78, 5) is 38.9. The van der Waals surface area contributed by atoms with Crippen LogP contribution in [0.2, 0.25) is 0 Å². The molecule has 0 spiro atoms. The summed E-state index contributed by atoms with van der Waals surface area (Å²) in [6.07, 6.45) is 5.99. The fourth-order valence-electron chi connectivity index (χ4n) is 4.00. The highest BCUT2D eigenvalue weighted by atomic mass is 16.8. The molecule has 0 aromatic heterocycles. The summed E-state index contributed by atoms with van der Waals surface area (Å²) in [5.41, 5.74) is 1.36. The Labute approximate surface area is 212 Å². The zero-order valence-corrected chi connectivity index (χ0v) is 21.6. The SMILES string of the molecule is COCOc1cc(N(C)[B]C=O)cc2c1C(=O)O[C@@H](C)[C@H](C)C=CC(=O)[C@H]1OC(C)(C)O[C@H]1CC=C2. The van der Waals surface area contributed by atoms with Crippen molar-refractivity contribution in [3.8, 4) is 5.75 Å². The number of hydrogen-bond donors (Lipinski definition) is 0. The zero-order chi connectivity index (χ0) is 26.5. The van der Waals surface area contributed by atoms with E-state index in [2.05, 4.69) is 0 Å². The molecule has 9 nitrogen and oxygen atoms in total. The van der Waals surface area contributed by atoms with E-state index in [1.165, 1.54) is 20.6 Å². The lowest BCUT2D eigenvalue weighted by molar-refractivity contribution is -0.152. The molecule has 193 valence electrons. The molecule has 1 aromatic rings. The van der Waals surface area contributed by atoms with Gasteiger partial charge >= 0.3 is 13.4 Å². The zero-order valence-electron chi connectivity index (χ0n) is 21.6. The number of carbonyl (C=O) groups is 3. The van der Waals surface area contributed by atoms with E-state index in [4.69, 9.17) is 23.7 Å². The molecule has 0 unspecified atom stereocenters. The van der Waals surface area contributed by atoms with Crippen LogP contribution in [0.4, 0.5) is 5.69 Å². The molecule has 10 heteroatoms. The van der Waals surface area contributed by atoms with Gasteiger partial charge in [-0.05, 0) is 51.9 Å². The Hall–Kier alpha value is -2.95. The number of carbonyl (C=O) groups excluding carboxylic acids is 3. The lowest BCUT2D eigenvalue weighted by atomic mass is 9.93. The third-order valence-corrected chi connectivity index (χ3v) is 6.07. The maximum Gasteiger partial charge on any atom is 0.342 e. The molecule has 2 heterocycles. The number of ether oxygens (including phenoxy) is 5. The topological polar surface area (TPSA) is 101 Å². The van der Waals surface area contributed by atoms with Gasteiger partial charge in [0.1, 0.15) is 29.7 Å². The standard InChI is InChI=1S/C26H33BNO8/c1-16-10-11-20(30)24-21(35-26(3,4)36-24)9-7-8-18-12-19(28(5)27-14-29)13-22(33-15-32-6)23(18)25(31)34-17(16)2/h7-8,10-14,16-17,21,24H,9,15H2,1-6H3/t16-,17+,21+,24-/m1/s1. The fourth-order valence-corrected chi connectivity index (χ4v) is 4.00. The largest absolute Gasteiger partial charge is 0.467 e. The van der Waals surface area contributed by atoms with Crippen molar-refractivity contribution in [2.45, 2.75) is 58.2 Å². The second-order valence-corrected chi connectivity index (χ2v) is 9.32. The Morgan fingerprint density at radius 2 is 1.94 bits per heavy atom. The van der Waals surface area contributed by atoms with Crippen LogP contribution in [0.25, 0.3) is 6.08 Å².